The molecule has 6 nitrogen and oxygen atoms in total. The van der Waals surface area contributed by atoms with Gasteiger partial charge in [0.15, 0.2) is 0 Å². The van der Waals surface area contributed by atoms with Gasteiger partial charge < -0.3 is 19.6 Å². The first-order valence-corrected chi connectivity index (χ1v) is 5.35. The second-order valence-corrected chi connectivity index (χ2v) is 3.63. The van der Waals surface area contributed by atoms with Gasteiger partial charge in [0.2, 0.25) is 0 Å². The van der Waals surface area contributed by atoms with E-state index < -0.39 is 18.1 Å². The number of aryl methyl sites for hydroxylation is 1. The average molecular weight is 253 g/mol. The first kappa shape index (κ1) is 13.8. The Morgan fingerprint density at radius 3 is 2.83 bits per heavy atom. The van der Waals surface area contributed by atoms with E-state index in [4.69, 9.17) is 14.3 Å². The molecule has 0 saturated heterocycles. The summed E-state index contributed by atoms with van der Waals surface area (Å²) in [4.78, 5) is 22.1. The molecule has 2 N–H and O–H groups in total. The van der Waals surface area contributed by atoms with Crippen LogP contribution in [0.3, 0.4) is 0 Å². The predicted molar refractivity (Wildman–Crippen MR) is 63.1 cm³/mol. The molecule has 1 amide bonds. The first-order chi connectivity index (χ1) is 8.52. The molecule has 18 heavy (non-hydrogen) atoms. The van der Waals surface area contributed by atoms with Gasteiger partial charge in [0, 0.05) is 0 Å². The van der Waals surface area contributed by atoms with Gasteiger partial charge in [-0.2, -0.15) is 0 Å². The monoisotopic (exact) mass is 253 g/mol. The molecule has 0 unspecified atom stereocenters. The Kier molecular flexibility index (Phi) is 4.98. The first-order valence-electron chi connectivity index (χ1n) is 5.35. The number of carbonyl (C=O) groups excluding carboxylic acids is 1. The Morgan fingerprint density at radius 1 is 1.61 bits per heavy atom. The van der Waals surface area contributed by atoms with Crippen LogP contribution in [0.4, 0.5) is 4.79 Å². The molecule has 0 saturated carbocycles. The van der Waals surface area contributed by atoms with Crippen molar-refractivity contribution >= 4 is 12.1 Å². The summed E-state index contributed by atoms with van der Waals surface area (Å²) in [5.41, 5.74) is 0. The van der Waals surface area contributed by atoms with E-state index in [-0.39, 0.29) is 13.0 Å². The zero-order chi connectivity index (χ0) is 13.5. The maximum atomic E-state index is 11.4. The quantitative estimate of drug-likeness (QED) is 0.757. The molecule has 0 bridgehead atoms. The Bertz CT molecular complexity index is 437. The zero-order valence-corrected chi connectivity index (χ0v) is 10.0. The number of rotatable bonds is 6. The molecule has 0 spiro atoms. The number of carboxylic acid groups (broad SMARTS) is 1. The van der Waals surface area contributed by atoms with E-state index in [9.17, 15) is 9.59 Å². The lowest BCUT2D eigenvalue weighted by molar-refractivity contribution is -0.137. The minimum atomic E-state index is -1.04. The van der Waals surface area contributed by atoms with Crippen LogP contribution >= 0.6 is 0 Å². The minimum Gasteiger partial charge on any atom is -0.481 e. The Labute approximate surface area is 104 Å². The fraction of sp³-hybridized carbons (Fsp3) is 0.333. The van der Waals surface area contributed by atoms with Gasteiger partial charge >= 0.3 is 12.1 Å². The molecule has 1 aromatic heterocycles. The van der Waals surface area contributed by atoms with E-state index in [2.05, 4.69) is 11.9 Å². The summed E-state index contributed by atoms with van der Waals surface area (Å²) in [6.07, 6.45) is 0.425. The smallest absolute Gasteiger partial charge is 0.408 e. The third-order valence-electron chi connectivity index (χ3n) is 2.11. The van der Waals surface area contributed by atoms with Crippen molar-refractivity contribution in [3.63, 3.8) is 0 Å². The van der Waals surface area contributed by atoms with Crippen LogP contribution in [0.1, 0.15) is 24.0 Å². The highest BCUT2D eigenvalue weighted by molar-refractivity contribution is 5.71. The highest BCUT2D eigenvalue weighted by Gasteiger charge is 2.21. The van der Waals surface area contributed by atoms with E-state index in [0.717, 1.165) is 0 Å². The van der Waals surface area contributed by atoms with Gasteiger partial charge in [-0.25, -0.2) is 4.79 Å². The number of aliphatic carboxylic acids is 1. The Hall–Kier alpha value is -2.24. The molecule has 0 aliphatic heterocycles. The van der Waals surface area contributed by atoms with Crippen molar-refractivity contribution < 1.29 is 23.8 Å². The molecule has 98 valence electrons. The highest BCUT2D eigenvalue weighted by atomic mass is 16.5. The van der Waals surface area contributed by atoms with Gasteiger partial charge in [0.05, 0.1) is 6.42 Å². The van der Waals surface area contributed by atoms with Crippen molar-refractivity contribution in [2.75, 3.05) is 6.61 Å². The molecule has 1 heterocycles. The molecule has 6 heteroatoms. The molecule has 1 rings (SSSR count). The lowest BCUT2D eigenvalue weighted by atomic mass is 10.1. The average Bonchev–Trinajstić information content (AvgIpc) is 2.71. The van der Waals surface area contributed by atoms with Gasteiger partial charge in [0.1, 0.15) is 24.2 Å². The number of carboxylic acids is 1. The third-order valence-corrected chi connectivity index (χ3v) is 2.11. The number of alkyl carbamates (subject to hydrolysis) is 1. The van der Waals surface area contributed by atoms with Crippen LogP contribution in [0.15, 0.2) is 29.2 Å². The van der Waals surface area contributed by atoms with Crippen molar-refractivity contribution in [1.82, 2.24) is 5.32 Å². The standard InChI is InChI=1S/C12H15NO5/c1-3-6-17-12(16)13-9(7-11(14)15)10-5-4-8(2)18-10/h3-5,9H,1,6-7H2,2H3,(H,13,16)(H,14,15)/t9-/m0/s1. The van der Waals surface area contributed by atoms with Crippen LogP contribution in [-0.4, -0.2) is 23.8 Å². The van der Waals surface area contributed by atoms with Crippen LogP contribution in [-0.2, 0) is 9.53 Å². The lowest BCUT2D eigenvalue weighted by Crippen LogP contribution is -2.30. The highest BCUT2D eigenvalue weighted by Crippen LogP contribution is 2.19. The van der Waals surface area contributed by atoms with Gasteiger partial charge in [-0.15, -0.1) is 0 Å². The van der Waals surface area contributed by atoms with Gasteiger partial charge in [-0.3, -0.25) is 4.79 Å². The summed E-state index contributed by atoms with van der Waals surface area (Å²) in [6, 6.07) is 2.56. The van der Waals surface area contributed by atoms with E-state index in [1.807, 2.05) is 0 Å². The fourth-order valence-corrected chi connectivity index (χ4v) is 1.36. The molecule has 1 aromatic rings. The van der Waals surface area contributed by atoms with E-state index >= 15 is 0 Å². The van der Waals surface area contributed by atoms with E-state index in [1.165, 1.54) is 6.08 Å². The number of carbonyl (C=O) groups is 2. The van der Waals surface area contributed by atoms with Crippen LogP contribution in [0.2, 0.25) is 0 Å². The van der Waals surface area contributed by atoms with Crippen molar-refractivity contribution in [2.24, 2.45) is 0 Å². The third kappa shape index (κ3) is 4.32. The van der Waals surface area contributed by atoms with Crippen molar-refractivity contribution in [3.8, 4) is 0 Å². The minimum absolute atomic E-state index is 0.0583. The van der Waals surface area contributed by atoms with Crippen molar-refractivity contribution in [2.45, 2.75) is 19.4 Å². The summed E-state index contributed by atoms with van der Waals surface area (Å²) in [6.45, 7) is 5.20. The number of nitrogens with one attached hydrogen (secondary N) is 1. The molecular formula is C12H15NO5. The van der Waals surface area contributed by atoms with Gasteiger partial charge in [-0.1, -0.05) is 12.7 Å². The SMILES string of the molecule is C=CCOC(=O)N[C@@H](CC(=O)O)c1ccc(C)o1. The summed E-state index contributed by atoms with van der Waals surface area (Å²) in [5, 5.41) is 11.2. The van der Waals surface area contributed by atoms with Crippen molar-refractivity contribution in [3.05, 3.63) is 36.3 Å². The van der Waals surface area contributed by atoms with Crippen LogP contribution < -0.4 is 5.32 Å². The maximum absolute atomic E-state index is 11.4. The predicted octanol–water partition coefficient (Wildman–Crippen LogP) is 2.02. The normalized spacial score (nSPS) is 11.6. The second-order valence-electron chi connectivity index (χ2n) is 3.63. The largest absolute Gasteiger partial charge is 0.481 e. The fourth-order valence-electron chi connectivity index (χ4n) is 1.36. The van der Waals surface area contributed by atoms with Crippen molar-refractivity contribution in [1.29, 1.82) is 0 Å². The summed E-state index contributed by atoms with van der Waals surface area (Å²) in [7, 11) is 0. The van der Waals surface area contributed by atoms with Crippen LogP contribution in [0, 0.1) is 6.92 Å². The number of ether oxygens (including phenoxy) is 1. The van der Waals surface area contributed by atoms with E-state index in [1.54, 1.807) is 19.1 Å². The van der Waals surface area contributed by atoms with Gasteiger partial charge in [-0.05, 0) is 19.1 Å². The van der Waals surface area contributed by atoms with Gasteiger partial charge in [0.25, 0.3) is 0 Å². The summed E-state index contributed by atoms with van der Waals surface area (Å²) in [5.74, 6) is -0.0230. The number of hydrogen-bond donors (Lipinski definition) is 2. The number of amides is 1. The topological polar surface area (TPSA) is 88.8 Å². The Balaban J connectivity index is 2.69. The maximum Gasteiger partial charge on any atom is 0.408 e. The molecule has 0 aliphatic rings. The molecular weight excluding hydrogens is 238 g/mol. The summed E-state index contributed by atoms with van der Waals surface area (Å²) < 4.78 is 10.0. The molecule has 1 atom stereocenters. The number of furan rings is 1. The van der Waals surface area contributed by atoms with Crippen LogP contribution in [0.5, 0.6) is 0 Å². The molecule has 0 aromatic carbocycles. The zero-order valence-electron chi connectivity index (χ0n) is 10.0. The Morgan fingerprint density at radius 2 is 2.33 bits per heavy atom. The van der Waals surface area contributed by atoms with Crippen LogP contribution in [0.25, 0.3) is 0 Å². The molecule has 0 fully saturated rings. The lowest BCUT2D eigenvalue weighted by Gasteiger charge is -2.14. The molecule has 0 radical (unpaired) electrons. The van der Waals surface area contributed by atoms with E-state index in [0.29, 0.717) is 11.5 Å². The summed E-state index contributed by atoms with van der Waals surface area (Å²) >= 11 is 0. The number of hydrogen-bond acceptors (Lipinski definition) is 4. The second kappa shape index (κ2) is 6.48. The molecule has 0 aliphatic carbocycles.